The van der Waals surface area contributed by atoms with E-state index in [1.807, 2.05) is 18.2 Å². The van der Waals surface area contributed by atoms with Gasteiger partial charge in [0.25, 0.3) is 0 Å². The van der Waals surface area contributed by atoms with E-state index in [1.165, 1.54) is 12.8 Å². The molecule has 0 amide bonds. The van der Waals surface area contributed by atoms with Gasteiger partial charge in [-0.15, -0.1) is 0 Å². The van der Waals surface area contributed by atoms with Crippen LogP contribution in [0.15, 0.2) is 18.2 Å². The molecule has 0 radical (unpaired) electrons. The minimum atomic E-state index is 0.0988. The van der Waals surface area contributed by atoms with Gasteiger partial charge in [0.1, 0.15) is 0 Å². The first-order chi connectivity index (χ1) is 8.36. The van der Waals surface area contributed by atoms with Crippen LogP contribution in [0, 0.1) is 5.41 Å². The van der Waals surface area contributed by atoms with Crippen LogP contribution in [0.5, 0.6) is 0 Å². The van der Waals surface area contributed by atoms with Gasteiger partial charge >= 0.3 is 0 Å². The Morgan fingerprint density at radius 2 is 1.83 bits per heavy atom. The second-order valence-corrected chi connectivity index (χ2v) is 7.05. The third-order valence-electron chi connectivity index (χ3n) is 4.22. The zero-order chi connectivity index (χ0) is 13.4. The van der Waals surface area contributed by atoms with Gasteiger partial charge in [0.2, 0.25) is 0 Å². The lowest BCUT2D eigenvalue weighted by Gasteiger charge is -2.43. The monoisotopic (exact) mass is 285 g/mol. The van der Waals surface area contributed by atoms with E-state index in [0.29, 0.717) is 0 Å². The third-order valence-corrected chi connectivity index (χ3v) is 4.93. The summed E-state index contributed by atoms with van der Waals surface area (Å²) in [6.07, 6.45) is 3.30. The van der Waals surface area contributed by atoms with Crippen molar-refractivity contribution < 1.29 is 0 Å². The lowest BCUT2D eigenvalue weighted by molar-refractivity contribution is 0.159. The molecular formula is C15H21Cl2N. The number of hydrogen-bond acceptors (Lipinski definition) is 1. The van der Waals surface area contributed by atoms with Gasteiger partial charge in [0, 0.05) is 15.6 Å². The van der Waals surface area contributed by atoms with Gasteiger partial charge in [-0.05, 0) is 48.9 Å². The Kier molecular flexibility index (Phi) is 3.96. The van der Waals surface area contributed by atoms with Crippen LogP contribution in [0.1, 0.15) is 39.2 Å². The zero-order valence-corrected chi connectivity index (χ0v) is 12.8. The summed E-state index contributed by atoms with van der Waals surface area (Å²) in [6, 6.07) is 5.75. The summed E-state index contributed by atoms with van der Waals surface area (Å²) in [5.74, 6) is 0. The second-order valence-electron chi connectivity index (χ2n) is 6.24. The average molecular weight is 286 g/mol. The Hall–Kier alpha value is -0.240. The summed E-state index contributed by atoms with van der Waals surface area (Å²) in [5, 5.41) is 5.25. The molecule has 18 heavy (non-hydrogen) atoms. The number of halogens is 2. The van der Waals surface area contributed by atoms with Crippen LogP contribution in [-0.4, -0.2) is 12.1 Å². The van der Waals surface area contributed by atoms with E-state index in [1.54, 1.807) is 0 Å². The van der Waals surface area contributed by atoms with Crippen molar-refractivity contribution in [1.29, 1.82) is 0 Å². The molecule has 0 spiro atoms. The molecule has 100 valence electrons. The Morgan fingerprint density at radius 3 is 2.28 bits per heavy atom. The van der Waals surface area contributed by atoms with Crippen LogP contribution in [0.25, 0.3) is 0 Å². The molecule has 1 atom stereocenters. The number of benzene rings is 1. The second kappa shape index (κ2) is 5.03. The van der Waals surface area contributed by atoms with Gasteiger partial charge in [0.15, 0.2) is 0 Å². The third kappa shape index (κ3) is 2.54. The van der Waals surface area contributed by atoms with Crippen molar-refractivity contribution in [3.63, 3.8) is 0 Å². The molecule has 1 N–H and O–H groups in total. The molecule has 1 unspecified atom stereocenters. The average Bonchev–Trinajstić information content (AvgIpc) is 2.73. The van der Waals surface area contributed by atoms with Crippen LogP contribution in [0.2, 0.25) is 10.0 Å². The van der Waals surface area contributed by atoms with Crippen molar-refractivity contribution >= 4 is 23.2 Å². The summed E-state index contributed by atoms with van der Waals surface area (Å²) < 4.78 is 0. The fourth-order valence-electron chi connectivity index (χ4n) is 2.87. The highest BCUT2D eigenvalue weighted by Crippen LogP contribution is 2.42. The van der Waals surface area contributed by atoms with Crippen molar-refractivity contribution in [1.82, 2.24) is 5.32 Å². The molecule has 0 aliphatic carbocycles. The lowest BCUT2D eigenvalue weighted by atomic mass is 9.69. The summed E-state index contributed by atoms with van der Waals surface area (Å²) in [6.45, 7) is 7.95. The number of hydrogen-bond donors (Lipinski definition) is 1. The molecule has 2 rings (SSSR count). The van der Waals surface area contributed by atoms with Crippen LogP contribution >= 0.6 is 23.2 Å². The number of nitrogens with one attached hydrogen (secondary N) is 1. The molecule has 1 aromatic rings. The van der Waals surface area contributed by atoms with Crippen LogP contribution in [-0.2, 0) is 6.42 Å². The Bertz CT molecular complexity index is 408. The van der Waals surface area contributed by atoms with Gasteiger partial charge in [-0.1, -0.05) is 50.0 Å². The quantitative estimate of drug-likeness (QED) is 0.830. The minimum Gasteiger partial charge on any atom is -0.310 e. The summed E-state index contributed by atoms with van der Waals surface area (Å²) in [7, 11) is 0. The van der Waals surface area contributed by atoms with Gasteiger partial charge < -0.3 is 5.32 Å². The summed E-state index contributed by atoms with van der Waals surface area (Å²) in [5.41, 5.74) is 1.36. The number of rotatable bonds is 2. The van der Waals surface area contributed by atoms with Crippen LogP contribution in [0.3, 0.4) is 0 Å². The van der Waals surface area contributed by atoms with E-state index in [0.717, 1.165) is 28.6 Å². The molecule has 1 aromatic carbocycles. The molecule has 1 heterocycles. The molecule has 1 fully saturated rings. The van der Waals surface area contributed by atoms with E-state index >= 15 is 0 Å². The fourth-order valence-corrected chi connectivity index (χ4v) is 3.40. The Balaban J connectivity index is 2.36. The Labute approximate surface area is 120 Å². The highest BCUT2D eigenvalue weighted by molar-refractivity contribution is 6.36. The maximum atomic E-state index is 6.31. The molecule has 1 saturated heterocycles. The predicted molar refractivity (Wildman–Crippen MR) is 79.6 cm³/mol. The van der Waals surface area contributed by atoms with Crippen molar-refractivity contribution in [2.24, 2.45) is 5.41 Å². The van der Waals surface area contributed by atoms with Crippen molar-refractivity contribution in [2.45, 2.75) is 45.6 Å². The standard InChI is InChI=1S/C15H21Cl2N/c1-14(2,3)15(8-5-9-18-15)10-11-12(16)6-4-7-13(11)17/h4,6-7,18H,5,8-10H2,1-3H3. The molecule has 0 saturated carbocycles. The van der Waals surface area contributed by atoms with Gasteiger partial charge in [-0.3, -0.25) is 0 Å². The molecule has 1 aliphatic rings. The first-order valence-corrected chi connectivity index (χ1v) is 7.29. The van der Waals surface area contributed by atoms with E-state index in [9.17, 15) is 0 Å². The largest absolute Gasteiger partial charge is 0.310 e. The molecule has 1 aliphatic heterocycles. The molecule has 0 aromatic heterocycles. The summed E-state index contributed by atoms with van der Waals surface area (Å²) in [4.78, 5) is 0. The minimum absolute atomic E-state index is 0.0988. The maximum absolute atomic E-state index is 6.31. The smallest absolute Gasteiger partial charge is 0.0453 e. The van der Waals surface area contributed by atoms with E-state index in [2.05, 4.69) is 26.1 Å². The topological polar surface area (TPSA) is 12.0 Å². The zero-order valence-electron chi connectivity index (χ0n) is 11.3. The predicted octanol–water partition coefficient (Wildman–Crippen LogP) is 4.70. The lowest BCUT2D eigenvalue weighted by Crippen LogP contribution is -2.52. The van der Waals surface area contributed by atoms with E-state index < -0.39 is 0 Å². The van der Waals surface area contributed by atoms with Gasteiger partial charge in [-0.25, -0.2) is 0 Å². The van der Waals surface area contributed by atoms with E-state index in [-0.39, 0.29) is 11.0 Å². The van der Waals surface area contributed by atoms with Gasteiger partial charge in [-0.2, -0.15) is 0 Å². The molecular weight excluding hydrogens is 265 g/mol. The van der Waals surface area contributed by atoms with Crippen molar-refractivity contribution in [3.8, 4) is 0 Å². The Morgan fingerprint density at radius 1 is 1.22 bits per heavy atom. The van der Waals surface area contributed by atoms with Crippen molar-refractivity contribution in [3.05, 3.63) is 33.8 Å². The fraction of sp³-hybridized carbons (Fsp3) is 0.600. The van der Waals surface area contributed by atoms with E-state index in [4.69, 9.17) is 23.2 Å². The highest BCUT2D eigenvalue weighted by Gasteiger charge is 2.44. The maximum Gasteiger partial charge on any atom is 0.0453 e. The normalized spacial score (nSPS) is 24.5. The van der Waals surface area contributed by atoms with Crippen LogP contribution < -0.4 is 5.32 Å². The highest BCUT2D eigenvalue weighted by atomic mass is 35.5. The molecule has 3 heteroatoms. The SMILES string of the molecule is CC(C)(C)C1(Cc2c(Cl)cccc2Cl)CCCN1. The molecule has 0 bridgehead atoms. The van der Waals surface area contributed by atoms with Crippen molar-refractivity contribution in [2.75, 3.05) is 6.54 Å². The molecule has 1 nitrogen and oxygen atoms in total. The first kappa shape index (κ1) is 14.2. The van der Waals surface area contributed by atoms with Gasteiger partial charge in [0.05, 0.1) is 0 Å². The van der Waals surface area contributed by atoms with Crippen LogP contribution in [0.4, 0.5) is 0 Å². The summed E-state index contributed by atoms with van der Waals surface area (Å²) >= 11 is 12.6. The first-order valence-electron chi connectivity index (χ1n) is 6.54.